The largest absolute Gasteiger partial charge is 0.478 e. The molecule has 1 aromatic heterocycles. The summed E-state index contributed by atoms with van der Waals surface area (Å²) >= 11 is 11.9. The van der Waals surface area contributed by atoms with Gasteiger partial charge in [0.1, 0.15) is 10.8 Å². The molecule has 1 heterocycles. The first-order valence-electron chi connectivity index (χ1n) is 5.87. The molecule has 104 valence electrons. The fourth-order valence-corrected chi connectivity index (χ4v) is 1.92. The summed E-state index contributed by atoms with van der Waals surface area (Å²) in [6, 6.07) is 7.81. The molecule has 0 saturated carbocycles. The number of hydrogen-bond donors (Lipinski definition) is 1. The van der Waals surface area contributed by atoms with E-state index in [1.165, 1.54) is 12.1 Å². The lowest BCUT2D eigenvalue weighted by Gasteiger charge is -2.09. The zero-order valence-corrected chi connectivity index (χ0v) is 12.1. The summed E-state index contributed by atoms with van der Waals surface area (Å²) < 4.78 is 5.53. The highest BCUT2D eigenvalue weighted by Gasteiger charge is 2.12. The highest BCUT2D eigenvalue weighted by molar-refractivity contribution is 6.42. The van der Waals surface area contributed by atoms with E-state index < -0.39 is 5.97 Å². The first kappa shape index (κ1) is 14.6. The van der Waals surface area contributed by atoms with Crippen molar-refractivity contribution in [1.29, 1.82) is 0 Å². The number of aromatic nitrogens is 1. The van der Waals surface area contributed by atoms with Gasteiger partial charge in [0, 0.05) is 11.8 Å². The fraction of sp³-hybridized carbons (Fsp3) is 0.143. The summed E-state index contributed by atoms with van der Waals surface area (Å²) in [5.41, 5.74) is 0.739. The van der Waals surface area contributed by atoms with Crippen LogP contribution in [0.1, 0.15) is 23.0 Å². The number of carbonyl (C=O) groups is 1. The number of ether oxygens (including phenoxy) is 1. The van der Waals surface area contributed by atoms with Crippen LogP contribution in [0.3, 0.4) is 0 Å². The van der Waals surface area contributed by atoms with Gasteiger partial charge < -0.3 is 9.84 Å². The van der Waals surface area contributed by atoms with Crippen molar-refractivity contribution in [2.75, 3.05) is 0 Å². The lowest BCUT2D eigenvalue weighted by molar-refractivity contribution is 0.0696. The van der Waals surface area contributed by atoms with Crippen molar-refractivity contribution in [2.24, 2.45) is 0 Å². The number of carboxylic acid groups (broad SMARTS) is 1. The van der Waals surface area contributed by atoms with Gasteiger partial charge in [-0.25, -0.2) is 9.78 Å². The number of carboxylic acids is 1. The van der Waals surface area contributed by atoms with Crippen molar-refractivity contribution in [3.8, 4) is 11.6 Å². The molecule has 1 N–H and O–H groups in total. The molecule has 2 rings (SSSR count). The minimum atomic E-state index is -1.04. The van der Waals surface area contributed by atoms with Crippen LogP contribution in [0.4, 0.5) is 0 Å². The number of pyridine rings is 1. The monoisotopic (exact) mass is 311 g/mol. The summed E-state index contributed by atoms with van der Waals surface area (Å²) in [7, 11) is 0. The van der Waals surface area contributed by atoms with Gasteiger partial charge in [-0.05, 0) is 24.6 Å². The molecule has 0 unspecified atom stereocenters. The normalized spacial score (nSPS) is 10.3. The number of aryl methyl sites for hydroxylation is 1. The van der Waals surface area contributed by atoms with Crippen LogP contribution in [-0.2, 0) is 6.42 Å². The van der Waals surface area contributed by atoms with Gasteiger partial charge in [0.05, 0.1) is 10.6 Å². The molecule has 0 bridgehead atoms. The molecule has 0 fully saturated rings. The highest BCUT2D eigenvalue weighted by Crippen LogP contribution is 2.34. The van der Waals surface area contributed by atoms with Gasteiger partial charge >= 0.3 is 5.97 Å². The second-order valence-electron chi connectivity index (χ2n) is 4.00. The van der Waals surface area contributed by atoms with Gasteiger partial charge in [-0.3, -0.25) is 0 Å². The molecular formula is C14H11Cl2NO3. The molecule has 1 aromatic carbocycles. The fourth-order valence-electron chi connectivity index (χ4n) is 1.59. The molecule has 0 aliphatic carbocycles. The zero-order chi connectivity index (χ0) is 14.7. The third-order valence-corrected chi connectivity index (χ3v) is 3.40. The maximum absolute atomic E-state index is 11.1. The maximum atomic E-state index is 11.1. The molecule has 6 heteroatoms. The number of nitrogens with zero attached hydrogens (tertiary/aromatic N) is 1. The van der Waals surface area contributed by atoms with Crippen molar-refractivity contribution in [3.63, 3.8) is 0 Å². The molecular weight excluding hydrogens is 301 g/mol. The Hall–Kier alpha value is -1.78. The van der Waals surface area contributed by atoms with Crippen LogP contribution in [-0.4, -0.2) is 16.1 Å². The van der Waals surface area contributed by atoms with E-state index in [-0.39, 0.29) is 16.5 Å². The van der Waals surface area contributed by atoms with Crippen molar-refractivity contribution in [1.82, 2.24) is 4.98 Å². The Labute approximate surface area is 125 Å². The maximum Gasteiger partial charge on any atom is 0.335 e. The summed E-state index contributed by atoms with van der Waals surface area (Å²) in [6.45, 7) is 1.88. The summed E-state index contributed by atoms with van der Waals surface area (Å²) in [4.78, 5) is 15.3. The predicted octanol–water partition coefficient (Wildman–Crippen LogP) is 4.44. The lowest BCUT2D eigenvalue weighted by Crippen LogP contribution is -2.01. The average Bonchev–Trinajstić information content (AvgIpc) is 2.43. The van der Waals surface area contributed by atoms with E-state index in [4.69, 9.17) is 33.0 Å². The van der Waals surface area contributed by atoms with Gasteiger partial charge in [0.2, 0.25) is 5.88 Å². The van der Waals surface area contributed by atoms with Crippen molar-refractivity contribution in [3.05, 3.63) is 51.6 Å². The smallest absolute Gasteiger partial charge is 0.335 e. The number of halogens is 2. The Morgan fingerprint density at radius 3 is 2.75 bits per heavy atom. The third kappa shape index (κ3) is 3.21. The molecule has 20 heavy (non-hydrogen) atoms. The third-order valence-electron chi connectivity index (χ3n) is 2.59. The lowest BCUT2D eigenvalue weighted by atomic mass is 10.2. The quantitative estimate of drug-likeness (QED) is 0.906. The van der Waals surface area contributed by atoms with Crippen LogP contribution in [0, 0.1) is 0 Å². The Morgan fingerprint density at radius 1 is 1.35 bits per heavy atom. The van der Waals surface area contributed by atoms with Crippen LogP contribution >= 0.6 is 23.2 Å². The number of hydrogen-bond acceptors (Lipinski definition) is 3. The second-order valence-corrected chi connectivity index (χ2v) is 4.78. The minimum Gasteiger partial charge on any atom is -0.478 e. The average molecular weight is 312 g/mol. The number of rotatable bonds is 4. The van der Waals surface area contributed by atoms with Gasteiger partial charge in [0.25, 0.3) is 0 Å². The van der Waals surface area contributed by atoms with Crippen molar-refractivity contribution < 1.29 is 14.6 Å². The van der Waals surface area contributed by atoms with Crippen LogP contribution < -0.4 is 4.74 Å². The van der Waals surface area contributed by atoms with E-state index in [0.717, 1.165) is 0 Å². The van der Waals surface area contributed by atoms with Gasteiger partial charge in [0.15, 0.2) is 0 Å². The molecule has 0 saturated heterocycles. The predicted molar refractivity (Wildman–Crippen MR) is 77.1 cm³/mol. The van der Waals surface area contributed by atoms with Gasteiger partial charge in [-0.2, -0.15) is 0 Å². The van der Waals surface area contributed by atoms with Crippen molar-refractivity contribution in [2.45, 2.75) is 13.3 Å². The molecule has 0 amide bonds. The van der Waals surface area contributed by atoms with E-state index in [1.807, 2.05) is 6.92 Å². The number of benzene rings is 1. The molecule has 0 aliphatic rings. The van der Waals surface area contributed by atoms with E-state index in [2.05, 4.69) is 4.98 Å². The molecule has 0 radical (unpaired) electrons. The standard InChI is InChI=1S/C14H11Cl2NO3/c1-2-9-6-8(14(18)19)7-12(17-9)20-11-5-3-4-10(15)13(11)16/h3-7H,2H2,1H3,(H,18,19). The van der Waals surface area contributed by atoms with E-state index in [0.29, 0.717) is 22.9 Å². The summed E-state index contributed by atoms with van der Waals surface area (Å²) in [6.07, 6.45) is 0.598. The Kier molecular flexibility index (Phi) is 4.47. The first-order valence-corrected chi connectivity index (χ1v) is 6.63. The highest BCUT2D eigenvalue weighted by atomic mass is 35.5. The Bertz CT molecular complexity index is 659. The van der Waals surface area contributed by atoms with E-state index in [1.54, 1.807) is 18.2 Å². The van der Waals surface area contributed by atoms with E-state index in [9.17, 15) is 4.79 Å². The molecule has 0 aliphatic heterocycles. The zero-order valence-electron chi connectivity index (χ0n) is 10.6. The summed E-state index contributed by atoms with van der Waals surface area (Å²) in [5.74, 6) is -0.536. The van der Waals surface area contributed by atoms with Gasteiger partial charge in [-0.15, -0.1) is 0 Å². The van der Waals surface area contributed by atoms with Crippen LogP contribution in [0.5, 0.6) is 11.6 Å². The minimum absolute atomic E-state index is 0.116. The molecule has 0 spiro atoms. The Morgan fingerprint density at radius 2 is 2.10 bits per heavy atom. The van der Waals surface area contributed by atoms with Crippen LogP contribution in [0.25, 0.3) is 0 Å². The topological polar surface area (TPSA) is 59.4 Å². The molecule has 0 atom stereocenters. The van der Waals surface area contributed by atoms with Crippen LogP contribution in [0.2, 0.25) is 10.0 Å². The number of aromatic carboxylic acids is 1. The molecule has 4 nitrogen and oxygen atoms in total. The molecule has 2 aromatic rings. The second kappa shape index (κ2) is 6.11. The SMILES string of the molecule is CCc1cc(C(=O)O)cc(Oc2cccc(Cl)c2Cl)n1. The Balaban J connectivity index is 2.40. The summed E-state index contributed by atoms with van der Waals surface area (Å²) in [5, 5.41) is 9.68. The van der Waals surface area contributed by atoms with Gasteiger partial charge in [-0.1, -0.05) is 36.2 Å². The first-order chi connectivity index (χ1) is 9.51. The van der Waals surface area contributed by atoms with E-state index >= 15 is 0 Å². The van der Waals surface area contributed by atoms with Crippen molar-refractivity contribution >= 4 is 29.2 Å². The van der Waals surface area contributed by atoms with Crippen LogP contribution in [0.15, 0.2) is 30.3 Å².